The predicted molar refractivity (Wildman–Crippen MR) is 195 cm³/mol. The molecule has 11 heteroatoms. The maximum atomic E-state index is 14.9. The summed E-state index contributed by atoms with van der Waals surface area (Å²) in [4.78, 5) is 18.6. The van der Waals surface area contributed by atoms with Gasteiger partial charge in [0.1, 0.15) is 11.9 Å². The summed E-state index contributed by atoms with van der Waals surface area (Å²) in [5, 5.41) is 0. The van der Waals surface area contributed by atoms with Crippen LogP contribution < -0.4 is 28.7 Å². The fourth-order valence-electron chi connectivity index (χ4n) is 5.91. The Hall–Kier alpha value is -5.00. The van der Waals surface area contributed by atoms with Crippen molar-refractivity contribution in [2.45, 2.75) is 31.5 Å². The molecule has 5 aromatic carbocycles. The second-order valence-electron chi connectivity index (χ2n) is 11.5. The van der Waals surface area contributed by atoms with Crippen LogP contribution in [0.4, 0.5) is 17.1 Å². The number of carbonyl (C=O) groups excluding carboxylic acids is 1. The van der Waals surface area contributed by atoms with Gasteiger partial charge in [0, 0.05) is 28.0 Å². The largest absolute Gasteiger partial charge is 0.494 e. The molecule has 0 aromatic heterocycles. The minimum absolute atomic E-state index is 0.0303. The van der Waals surface area contributed by atoms with Crippen molar-refractivity contribution < 1.29 is 27.4 Å². The van der Waals surface area contributed by atoms with Crippen LogP contribution in [0.25, 0.3) is 0 Å². The molecule has 0 aliphatic carbocycles. The van der Waals surface area contributed by atoms with E-state index in [1.165, 1.54) is 12.1 Å². The summed E-state index contributed by atoms with van der Waals surface area (Å²) in [7, 11) is -0.904. The highest BCUT2D eigenvalue weighted by atomic mass is 79.9. The Morgan fingerprint density at radius 3 is 2.16 bits per heavy atom. The van der Waals surface area contributed by atoms with Crippen molar-refractivity contribution in [3.63, 3.8) is 0 Å². The Labute approximate surface area is 295 Å². The lowest BCUT2D eigenvalue weighted by Gasteiger charge is -2.46. The van der Waals surface area contributed by atoms with Gasteiger partial charge < -0.3 is 19.1 Å². The average Bonchev–Trinajstić information content (AvgIpc) is 3.11. The fraction of sp³-hybridized carbons (Fsp3) is 0.184. The van der Waals surface area contributed by atoms with E-state index >= 15 is 0 Å². The van der Waals surface area contributed by atoms with Crippen molar-refractivity contribution >= 4 is 48.9 Å². The number of hydrogen-bond acceptors (Lipinski definition) is 7. The number of methoxy groups -OCH3 is 2. The summed E-state index contributed by atoms with van der Waals surface area (Å²) in [5.74, 6) is 1.31. The maximum absolute atomic E-state index is 14.9. The van der Waals surface area contributed by atoms with Gasteiger partial charge in [0.25, 0.3) is 15.9 Å². The quantitative estimate of drug-likeness (QED) is 0.145. The van der Waals surface area contributed by atoms with Crippen LogP contribution in [0.5, 0.6) is 17.2 Å². The topological polar surface area (TPSA) is 97.4 Å². The van der Waals surface area contributed by atoms with Crippen LogP contribution >= 0.6 is 15.9 Å². The van der Waals surface area contributed by atoms with E-state index in [0.29, 0.717) is 51.9 Å². The van der Waals surface area contributed by atoms with Gasteiger partial charge in [-0.1, -0.05) is 64.0 Å². The molecule has 0 saturated carbocycles. The van der Waals surface area contributed by atoms with Crippen LogP contribution in [0.2, 0.25) is 0 Å². The second-order valence-corrected chi connectivity index (χ2v) is 14.0. The Bertz CT molecular complexity index is 2070. The van der Waals surface area contributed by atoms with E-state index in [2.05, 4.69) is 25.6 Å². The number of ether oxygens (including phenoxy) is 3. The Kier molecular flexibility index (Phi) is 9.84. The van der Waals surface area contributed by atoms with Gasteiger partial charge in [-0.3, -0.25) is 14.4 Å². The van der Waals surface area contributed by atoms with Crippen LogP contribution in [0.3, 0.4) is 0 Å². The number of halogens is 1. The number of aryl methyl sites for hydroxylation is 1. The van der Waals surface area contributed by atoms with Gasteiger partial charge in [0.15, 0.2) is 11.5 Å². The van der Waals surface area contributed by atoms with Gasteiger partial charge in [-0.2, -0.15) is 0 Å². The van der Waals surface area contributed by atoms with E-state index in [0.717, 1.165) is 16.7 Å². The first kappa shape index (κ1) is 33.9. The molecule has 49 heavy (non-hydrogen) atoms. The van der Waals surface area contributed by atoms with Gasteiger partial charge in [0.2, 0.25) is 0 Å². The van der Waals surface area contributed by atoms with Crippen LogP contribution in [-0.4, -0.2) is 35.2 Å². The number of carbonyl (C=O) groups is 1. The number of sulfonamides is 1. The highest BCUT2D eigenvalue weighted by Crippen LogP contribution is 2.47. The summed E-state index contributed by atoms with van der Waals surface area (Å²) in [6.07, 6.45) is -0.694. The Balaban J connectivity index is 1.56. The zero-order valence-electron chi connectivity index (χ0n) is 27.5. The van der Waals surface area contributed by atoms with Crippen LogP contribution in [0, 0.1) is 6.92 Å². The monoisotopic (exact) mass is 741 g/mol. The normalized spacial score (nSPS) is 14.3. The van der Waals surface area contributed by atoms with Crippen LogP contribution in [-0.2, 0) is 16.6 Å². The summed E-state index contributed by atoms with van der Waals surface area (Å²) < 4.78 is 47.7. The van der Waals surface area contributed by atoms with Crippen molar-refractivity contribution in [2.24, 2.45) is 0 Å². The average molecular weight is 743 g/mol. The van der Waals surface area contributed by atoms with E-state index in [-0.39, 0.29) is 16.4 Å². The van der Waals surface area contributed by atoms with E-state index in [1.807, 2.05) is 92.7 Å². The molecule has 0 saturated heterocycles. The number of rotatable bonds is 11. The molecule has 0 unspecified atom stereocenters. The first-order valence-corrected chi connectivity index (χ1v) is 17.9. The highest BCUT2D eigenvalue weighted by molar-refractivity contribution is 9.10. The number of benzene rings is 5. The molecule has 9 nitrogen and oxygen atoms in total. The minimum atomic E-state index is -4.04. The van der Waals surface area contributed by atoms with Crippen molar-refractivity contribution in [3.8, 4) is 17.2 Å². The third-order valence-corrected chi connectivity index (χ3v) is 10.3. The first-order valence-electron chi connectivity index (χ1n) is 15.7. The van der Waals surface area contributed by atoms with Crippen LogP contribution in [0.1, 0.15) is 40.1 Å². The molecule has 5 aromatic rings. The van der Waals surface area contributed by atoms with Gasteiger partial charge in [-0.15, -0.1) is 0 Å². The number of nitrogens with zero attached hydrogens (tertiary/aromatic N) is 2. The van der Waals surface area contributed by atoms with Crippen molar-refractivity contribution in [2.75, 3.05) is 35.3 Å². The van der Waals surface area contributed by atoms with Crippen molar-refractivity contribution in [1.82, 2.24) is 0 Å². The fourth-order valence-corrected chi connectivity index (χ4v) is 7.52. The molecule has 1 amide bonds. The molecular weight excluding hydrogens is 706 g/mol. The summed E-state index contributed by atoms with van der Waals surface area (Å²) >= 11 is 3.76. The molecule has 252 valence electrons. The smallest absolute Gasteiger partial charge is 0.262 e. The van der Waals surface area contributed by atoms with Crippen molar-refractivity contribution in [3.05, 3.63) is 136 Å². The molecular formula is C38H36BrN3O6S. The zero-order chi connectivity index (χ0) is 34.7. The number of amides is 1. The lowest BCUT2D eigenvalue weighted by molar-refractivity contribution is 0.0967. The standard InChI is InChI=1S/C38H36BrN3O6S/c1-5-48-29-17-15-28(16-18-29)42-37(31-22-35(46-3)36(47-4)23-33(31)39)41(24-26-9-7-6-8-10-26)34-20-19-30(21-32(34)38(42)43)49(44,45)40-27-13-11-25(2)12-14-27/h6-23,37,40H,5,24H2,1-4H3/t37-/m0/s1. The number of anilines is 3. The lowest BCUT2D eigenvalue weighted by Crippen LogP contribution is -2.49. The molecule has 1 N–H and O–H groups in total. The van der Waals surface area contributed by atoms with E-state index in [1.54, 1.807) is 37.3 Å². The Morgan fingerprint density at radius 2 is 1.51 bits per heavy atom. The minimum Gasteiger partial charge on any atom is -0.494 e. The summed E-state index contributed by atoms with van der Waals surface area (Å²) in [6, 6.07) is 32.6. The molecule has 1 aliphatic rings. The third kappa shape index (κ3) is 6.95. The number of nitrogens with one attached hydrogen (secondary N) is 1. The maximum Gasteiger partial charge on any atom is 0.262 e. The van der Waals surface area contributed by atoms with Gasteiger partial charge in [-0.05, 0) is 86.1 Å². The summed E-state index contributed by atoms with van der Waals surface area (Å²) in [5.41, 5.74) is 4.57. The molecule has 0 radical (unpaired) electrons. The molecule has 1 aliphatic heterocycles. The van der Waals surface area contributed by atoms with Gasteiger partial charge >= 0.3 is 0 Å². The number of fused-ring (bicyclic) bond motifs is 1. The van der Waals surface area contributed by atoms with Crippen LogP contribution in [0.15, 0.2) is 119 Å². The summed E-state index contributed by atoms with van der Waals surface area (Å²) in [6.45, 7) is 4.73. The molecule has 0 spiro atoms. The van der Waals surface area contributed by atoms with E-state index in [9.17, 15) is 13.2 Å². The zero-order valence-corrected chi connectivity index (χ0v) is 29.9. The Morgan fingerprint density at radius 1 is 0.837 bits per heavy atom. The molecule has 0 fully saturated rings. The van der Waals surface area contributed by atoms with Crippen molar-refractivity contribution in [1.29, 1.82) is 0 Å². The molecule has 1 heterocycles. The van der Waals surface area contributed by atoms with Gasteiger partial charge in [0.05, 0.1) is 37.0 Å². The number of hydrogen-bond donors (Lipinski definition) is 1. The first-order chi connectivity index (χ1) is 23.6. The molecule has 1 atom stereocenters. The SMILES string of the molecule is CCOc1ccc(N2C(=O)c3cc(S(=O)(=O)Nc4ccc(C)cc4)ccc3N(Cc3ccccc3)[C@@H]2c2cc(OC)c(OC)cc2Br)cc1. The van der Waals surface area contributed by atoms with Gasteiger partial charge in [-0.25, -0.2) is 8.42 Å². The lowest BCUT2D eigenvalue weighted by atomic mass is 9.98. The van der Waals surface area contributed by atoms with E-state index in [4.69, 9.17) is 14.2 Å². The molecule has 0 bridgehead atoms. The second kappa shape index (κ2) is 14.2. The molecule has 6 rings (SSSR count). The van der Waals surface area contributed by atoms with E-state index < -0.39 is 16.2 Å². The predicted octanol–water partition coefficient (Wildman–Crippen LogP) is 8.34. The third-order valence-electron chi connectivity index (χ3n) is 8.28. The highest BCUT2D eigenvalue weighted by Gasteiger charge is 2.41.